The van der Waals surface area contributed by atoms with Crippen molar-refractivity contribution in [2.45, 2.75) is 19.6 Å². The van der Waals surface area contributed by atoms with Crippen LogP contribution in [0.4, 0.5) is 5.95 Å². The summed E-state index contributed by atoms with van der Waals surface area (Å²) < 4.78 is 13.9. The smallest absolute Gasteiger partial charge is 0.338 e. The van der Waals surface area contributed by atoms with Gasteiger partial charge in [0.25, 0.3) is 0 Å². The second-order valence-electron chi connectivity index (χ2n) is 7.00. The lowest BCUT2D eigenvalue weighted by Crippen LogP contribution is -2.30. The van der Waals surface area contributed by atoms with Gasteiger partial charge in [-0.25, -0.2) is 4.79 Å². The minimum atomic E-state index is -0.656. The molecule has 32 heavy (non-hydrogen) atoms. The first-order chi connectivity index (χ1) is 15.5. The van der Waals surface area contributed by atoms with Gasteiger partial charge in [-0.05, 0) is 53.2 Å². The van der Waals surface area contributed by atoms with Crippen LogP contribution < -0.4 is 10.1 Å². The second kappa shape index (κ2) is 9.54. The molecule has 0 saturated heterocycles. The number of allylic oxidation sites excluding steroid dienone is 1. The number of nitrogens with one attached hydrogen (secondary N) is 1. The van der Waals surface area contributed by atoms with Crippen LogP contribution in [0.1, 0.15) is 24.1 Å². The van der Waals surface area contributed by atoms with Gasteiger partial charge >= 0.3 is 5.97 Å². The molecule has 4 rings (SSSR count). The Bertz CT molecular complexity index is 1190. The van der Waals surface area contributed by atoms with Gasteiger partial charge in [0.05, 0.1) is 5.57 Å². The molecule has 1 unspecified atom stereocenters. The average molecular weight is 517 g/mol. The fraction of sp³-hybridized carbons (Fsp3) is 0.182. The van der Waals surface area contributed by atoms with Gasteiger partial charge in [0.15, 0.2) is 0 Å². The predicted octanol–water partition coefficient (Wildman–Crippen LogP) is 4.69. The Morgan fingerprint density at radius 2 is 2.09 bits per heavy atom. The van der Waals surface area contributed by atoms with E-state index < -0.39 is 12.0 Å². The summed E-state index contributed by atoms with van der Waals surface area (Å²) in [5, 5.41) is 15.6. The second-order valence-corrected chi connectivity index (χ2v) is 8.35. The maximum Gasteiger partial charge on any atom is 0.338 e. The summed E-state index contributed by atoms with van der Waals surface area (Å²) in [6.45, 7) is 5.79. The number of rotatable bonds is 7. The zero-order valence-electron chi connectivity index (χ0n) is 17.1. The van der Waals surface area contributed by atoms with Crippen molar-refractivity contribution >= 4 is 39.4 Å². The molecule has 1 atom stereocenters. The maximum absolute atomic E-state index is 13.0. The Kier molecular flexibility index (Phi) is 6.57. The zero-order valence-corrected chi connectivity index (χ0v) is 19.4. The molecule has 0 saturated carbocycles. The summed E-state index contributed by atoms with van der Waals surface area (Å²) in [6, 6.07) is 12.3. The fourth-order valence-electron chi connectivity index (χ4n) is 3.38. The third-order valence-corrected chi connectivity index (χ3v) is 5.59. The van der Waals surface area contributed by atoms with Crippen molar-refractivity contribution in [3.8, 4) is 5.75 Å². The SMILES string of the molecule is C=CCOC(=O)C1=C(C)Nc2nnnn2C1c1cc(Br)ccc1OCc1ccc(Cl)cc1. The van der Waals surface area contributed by atoms with Crippen molar-refractivity contribution in [3.63, 3.8) is 0 Å². The van der Waals surface area contributed by atoms with Crippen molar-refractivity contribution in [1.29, 1.82) is 0 Å². The van der Waals surface area contributed by atoms with Crippen LogP contribution in [-0.4, -0.2) is 32.8 Å². The lowest BCUT2D eigenvalue weighted by atomic mass is 9.95. The van der Waals surface area contributed by atoms with E-state index in [2.05, 4.69) is 43.4 Å². The summed E-state index contributed by atoms with van der Waals surface area (Å²) in [5.41, 5.74) is 2.62. The van der Waals surface area contributed by atoms with E-state index in [0.29, 0.717) is 40.2 Å². The third-order valence-electron chi connectivity index (χ3n) is 4.84. The van der Waals surface area contributed by atoms with Crippen LogP contribution in [0.5, 0.6) is 5.75 Å². The van der Waals surface area contributed by atoms with E-state index in [-0.39, 0.29) is 6.61 Å². The number of aromatic nitrogens is 4. The zero-order chi connectivity index (χ0) is 22.7. The number of halogens is 2. The number of hydrogen-bond donors (Lipinski definition) is 1. The molecule has 0 amide bonds. The Balaban J connectivity index is 1.75. The highest BCUT2D eigenvalue weighted by Gasteiger charge is 2.36. The normalized spacial score (nSPS) is 15.0. The van der Waals surface area contributed by atoms with Crippen LogP contribution in [0.15, 0.2) is 70.9 Å². The van der Waals surface area contributed by atoms with Gasteiger partial charge in [-0.3, -0.25) is 0 Å². The van der Waals surface area contributed by atoms with Crippen LogP contribution in [0, 0.1) is 0 Å². The molecule has 2 aromatic carbocycles. The number of hydrogen-bond acceptors (Lipinski definition) is 7. The molecule has 0 bridgehead atoms. The van der Waals surface area contributed by atoms with E-state index in [1.807, 2.05) is 42.5 Å². The van der Waals surface area contributed by atoms with Gasteiger partial charge in [-0.1, -0.05) is 57.4 Å². The summed E-state index contributed by atoms with van der Waals surface area (Å²) in [5.74, 6) is 0.499. The average Bonchev–Trinajstić information content (AvgIpc) is 3.24. The Morgan fingerprint density at radius 1 is 1.31 bits per heavy atom. The highest BCUT2D eigenvalue weighted by Crippen LogP contribution is 2.40. The number of anilines is 1. The van der Waals surface area contributed by atoms with Gasteiger partial charge in [0.2, 0.25) is 5.95 Å². The Labute approximate surface area is 198 Å². The molecule has 10 heteroatoms. The number of nitrogens with zero attached hydrogens (tertiary/aromatic N) is 4. The molecule has 1 aromatic heterocycles. The number of tetrazole rings is 1. The first-order valence-electron chi connectivity index (χ1n) is 9.68. The van der Waals surface area contributed by atoms with Crippen molar-refractivity contribution < 1.29 is 14.3 Å². The van der Waals surface area contributed by atoms with E-state index in [4.69, 9.17) is 21.1 Å². The summed E-state index contributed by atoms with van der Waals surface area (Å²) in [4.78, 5) is 13.0. The number of fused-ring (bicyclic) bond motifs is 1. The van der Waals surface area contributed by atoms with Crippen LogP contribution in [0.25, 0.3) is 0 Å². The molecule has 0 aliphatic carbocycles. The molecule has 0 spiro atoms. The number of carbonyl (C=O) groups excluding carboxylic acids is 1. The van der Waals surface area contributed by atoms with E-state index in [1.54, 1.807) is 6.92 Å². The van der Waals surface area contributed by atoms with Crippen LogP contribution in [-0.2, 0) is 16.1 Å². The Hall–Kier alpha value is -3.17. The van der Waals surface area contributed by atoms with E-state index in [1.165, 1.54) is 10.8 Å². The lowest BCUT2D eigenvalue weighted by molar-refractivity contribution is -0.138. The van der Waals surface area contributed by atoms with E-state index in [9.17, 15) is 4.79 Å². The monoisotopic (exact) mass is 515 g/mol. The molecule has 1 N–H and O–H groups in total. The lowest BCUT2D eigenvalue weighted by Gasteiger charge is -2.28. The minimum absolute atomic E-state index is 0.0865. The first-order valence-corrected chi connectivity index (χ1v) is 10.9. The van der Waals surface area contributed by atoms with Crippen molar-refractivity contribution in [3.05, 3.63) is 87.0 Å². The van der Waals surface area contributed by atoms with Gasteiger partial charge in [-0.2, -0.15) is 4.68 Å². The molecule has 1 aliphatic heterocycles. The molecule has 8 nitrogen and oxygen atoms in total. The van der Waals surface area contributed by atoms with Crippen molar-refractivity contribution in [2.24, 2.45) is 0 Å². The fourth-order valence-corrected chi connectivity index (χ4v) is 3.89. The van der Waals surface area contributed by atoms with Crippen molar-refractivity contribution in [2.75, 3.05) is 11.9 Å². The predicted molar refractivity (Wildman–Crippen MR) is 123 cm³/mol. The molecule has 3 aromatic rings. The summed E-state index contributed by atoms with van der Waals surface area (Å²) >= 11 is 9.50. The minimum Gasteiger partial charge on any atom is -0.489 e. The van der Waals surface area contributed by atoms with E-state index in [0.717, 1.165) is 10.0 Å². The number of carbonyl (C=O) groups is 1. The topological polar surface area (TPSA) is 91.2 Å². The van der Waals surface area contributed by atoms with Gasteiger partial charge < -0.3 is 14.8 Å². The molecule has 164 valence electrons. The van der Waals surface area contributed by atoms with E-state index >= 15 is 0 Å². The van der Waals surface area contributed by atoms with Gasteiger partial charge in [0, 0.05) is 20.8 Å². The Morgan fingerprint density at radius 3 is 2.84 bits per heavy atom. The molecule has 2 heterocycles. The molecule has 0 radical (unpaired) electrons. The largest absolute Gasteiger partial charge is 0.489 e. The van der Waals surface area contributed by atoms with Gasteiger partial charge in [0.1, 0.15) is 25.0 Å². The highest BCUT2D eigenvalue weighted by atomic mass is 79.9. The maximum atomic E-state index is 13.0. The number of ether oxygens (including phenoxy) is 2. The molecule has 1 aliphatic rings. The quantitative estimate of drug-likeness (QED) is 0.360. The molecule has 0 fully saturated rings. The van der Waals surface area contributed by atoms with Crippen LogP contribution >= 0.6 is 27.5 Å². The first kappa shape index (κ1) is 22.0. The van der Waals surface area contributed by atoms with Crippen molar-refractivity contribution in [1.82, 2.24) is 20.2 Å². The third kappa shape index (κ3) is 4.53. The molecular formula is C22H19BrClN5O3. The summed E-state index contributed by atoms with van der Waals surface area (Å²) in [6.07, 6.45) is 1.52. The van der Waals surface area contributed by atoms with Crippen LogP contribution in [0.3, 0.4) is 0 Å². The number of esters is 1. The van der Waals surface area contributed by atoms with Crippen LogP contribution in [0.2, 0.25) is 5.02 Å². The molecular weight excluding hydrogens is 498 g/mol. The number of benzene rings is 2. The highest BCUT2D eigenvalue weighted by molar-refractivity contribution is 9.10. The standard InChI is InChI=1S/C22H19BrClN5O3/c1-3-10-31-21(30)19-13(2)25-22-26-27-28-29(22)20(19)17-11-15(23)6-9-18(17)32-12-14-4-7-16(24)8-5-14/h3-9,11,20H,1,10,12H2,2H3,(H,25,26,28). The van der Waals surface area contributed by atoms with Gasteiger partial charge in [-0.15, -0.1) is 0 Å². The summed E-state index contributed by atoms with van der Waals surface area (Å²) in [7, 11) is 0.